The van der Waals surface area contributed by atoms with Crippen LogP contribution in [0.2, 0.25) is 0 Å². The number of unbranched alkanes of at least 4 members (excludes halogenated alkanes) is 16. The number of carbonyl (C=O) groups is 2. The fraction of sp³-hybridized carbons (Fsp3) is 0.917. The highest BCUT2D eigenvalue weighted by Gasteiger charge is 1.96. The van der Waals surface area contributed by atoms with Crippen LogP contribution >= 0.6 is 0 Å². The zero-order chi connectivity index (χ0) is 21.3. The highest BCUT2D eigenvalue weighted by atomic mass is 16.1. The first kappa shape index (κ1) is 29.1. The Morgan fingerprint density at radius 2 is 0.643 bits per heavy atom. The highest BCUT2D eigenvalue weighted by molar-refractivity contribution is 5.73. The van der Waals surface area contributed by atoms with Crippen LogP contribution in [0.3, 0.4) is 0 Å². The third-order valence-corrected chi connectivity index (χ3v) is 5.05. The van der Waals surface area contributed by atoms with Crippen LogP contribution in [0.15, 0.2) is 0 Å². The van der Waals surface area contributed by atoms with Gasteiger partial charge < -0.3 is 11.5 Å². The molecule has 0 unspecified atom stereocenters. The van der Waals surface area contributed by atoms with Gasteiger partial charge in [-0.05, 0) is 12.8 Å². The predicted octanol–water partition coefficient (Wildman–Crippen LogP) is 6.79. The maximum absolute atomic E-state index is 10.5. The molecule has 0 fully saturated rings. The van der Waals surface area contributed by atoms with Crippen LogP contribution in [-0.2, 0) is 9.59 Å². The summed E-state index contributed by atoms with van der Waals surface area (Å²) in [4.78, 5) is 20.8. The molecule has 0 aliphatic rings. The van der Waals surface area contributed by atoms with Crippen LogP contribution < -0.4 is 11.5 Å². The van der Waals surface area contributed by atoms with Crippen molar-refractivity contribution < 1.29 is 9.59 Å². The fourth-order valence-corrected chi connectivity index (χ4v) is 3.22. The van der Waals surface area contributed by atoms with Gasteiger partial charge in [-0.2, -0.15) is 0 Å². The summed E-state index contributed by atoms with van der Waals surface area (Å²) >= 11 is 0. The standard InChI is InChI=1S/C16H33NO.C8H17NO/c1-2-3-4-5-6-7-8-9-10-11-12-13-14-15-16(17)18;1-2-3-4-5-6-7-8(9)10/h2-15H2,1H3,(H2,17,18);2-7H2,1H3,(H2,9,10). The van der Waals surface area contributed by atoms with Crippen molar-refractivity contribution in [3.63, 3.8) is 0 Å². The Bertz CT molecular complexity index is 333. The minimum atomic E-state index is -0.170. The number of hydrogen-bond acceptors (Lipinski definition) is 2. The summed E-state index contributed by atoms with van der Waals surface area (Å²) in [5.41, 5.74) is 10.1. The van der Waals surface area contributed by atoms with Crippen LogP contribution in [0.25, 0.3) is 0 Å². The smallest absolute Gasteiger partial charge is 0.217 e. The molecule has 4 N–H and O–H groups in total. The van der Waals surface area contributed by atoms with Gasteiger partial charge in [0.1, 0.15) is 0 Å². The fourth-order valence-electron chi connectivity index (χ4n) is 3.22. The van der Waals surface area contributed by atoms with E-state index in [-0.39, 0.29) is 11.8 Å². The van der Waals surface area contributed by atoms with E-state index in [1.165, 1.54) is 96.3 Å². The molecule has 0 aromatic rings. The number of rotatable bonds is 20. The van der Waals surface area contributed by atoms with E-state index < -0.39 is 0 Å². The number of amides is 2. The van der Waals surface area contributed by atoms with Gasteiger partial charge >= 0.3 is 0 Å². The third kappa shape index (κ3) is 32.6. The highest BCUT2D eigenvalue weighted by Crippen LogP contribution is 2.12. The summed E-state index contributed by atoms with van der Waals surface area (Å²) in [6, 6.07) is 0. The molecule has 0 atom stereocenters. The summed E-state index contributed by atoms with van der Waals surface area (Å²) in [7, 11) is 0. The van der Waals surface area contributed by atoms with Crippen molar-refractivity contribution in [2.24, 2.45) is 11.5 Å². The minimum Gasteiger partial charge on any atom is -0.370 e. The van der Waals surface area contributed by atoms with Crippen molar-refractivity contribution in [3.8, 4) is 0 Å². The Morgan fingerprint density at radius 3 is 0.857 bits per heavy atom. The maximum Gasteiger partial charge on any atom is 0.217 e. The SMILES string of the molecule is CCCCCCCC(N)=O.CCCCCCCCCCCCCCCC(N)=O. The summed E-state index contributed by atoms with van der Waals surface area (Å²) in [5.74, 6) is -0.324. The van der Waals surface area contributed by atoms with Gasteiger partial charge in [0.05, 0.1) is 0 Å². The summed E-state index contributed by atoms with van der Waals surface area (Å²) in [6.07, 6.45) is 24.4. The molecule has 0 radical (unpaired) electrons. The number of nitrogens with two attached hydrogens (primary N) is 2. The van der Waals surface area contributed by atoms with E-state index in [9.17, 15) is 9.59 Å². The third-order valence-electron chi connectivity index (χ3n) is 5.05. The summed E-state index contributed by atoms with van der Waals surface area (Å²) in [5, 5.41) is 0. The first-order valence-electron chi connectivity index (χ1n) is 12.1. The van der Waals surface area contributed by atoms with E-state index >= 15 is 0 Å². The molecule has 0 aliphatic heterocycles. The van der Waals surface area contributed by atoms with Crippen molar-refractivity contribution in [1.82, 2.24) is 0 Å². The lowest BCUT2D eigenvalue weighted by Gasteiger charge is -2.02. The van der Waals surface area contributed by atoms with Crippen LogP contribution in [0.1, 0.15) is 142 Å². The Balaban J connectivity index is 0. The quantitative estimate of drug-likeness (QED) is 0.221. The molecule has 4 nitrogen and oxygen atoms in total. The molecule has 0 heterocycles. The van der Waals surface area contributed by atoms with Crippen LogP contribution in [0, 0.1) is 0 Å². The van der Waals surface area contributed by atoms with Gasteiger partial charge in [0.2, 0.25) is 11.8 Å². The molecule has 0 aromatic heterocycles. The van der Waals surface area contributed by atoms with E-state index in [1.54, 1.807) is 0 Å². The second-order valence-electron chi connectivity index (χ2n) is 8.09. The topological polar surface area (TPSA) is 86.2 Å². The zero-order valence-corrected chi connectivity index (χ0v) is 19.1. The monoisotopic (exact) mass is 398 g/mol. The second kappa shape index (κ2) is 25.9. The average molecular weight is 399 g/mol. The van der Waals surface area contributed by atoms with Gasteiger partial charge in [-0.1, -0.05) is 117 Å². The predicted molar refractivity (Wildman–Crippen MR) is 122 cm³/mol. The number of hydrogen-bond donors (Lipinski definition) is 2. The lowest BCUT2D eigenvalue weighted by atomic mass is 10.0. The van der Waals surface area contributed by atoms with E-state index in [0.717, 1.165) is 19.3 Å². The van der Waals surface area contributed by atoms with Gasteiger partial charge in [-0.15, -0.1) is 0 Å². The van der Waals surface area contributed by atoms with Gasteiger partial charge in [0, 0.05) is 12.8 Å². The normalized spacial score (nSPS) is 10.4. The number of primary amides is 2. The van der Waals surface area contributed by atoms with Crippen LogP contribution in [0.5, 0.6) is 0 Å². The van der Waals surface area contributed by atoms with Crippen molar-refractivity contribution in [3.05, 3.63) is 0 Å². The first-order valence-corrected chi connectivity index (χ1v) is 12.1. The molecular formula is C24H50N2O2. The van der Waals surface area contributed by atoms with Crippen LogP contribution in [-0.4, -0.2) is 11.8 Å². The average Bonchev–Trinajstić information content (AvgIpc) is 2.65. The number of carbonyl (C=O) groups excluding carboxylic acids is 2. The van der Waals surface area contributed by atoms with E-state index in [0.29, 0.717) is 12.8 Å². The summed E-state index contributed by atoms with van der Waals surface area (Å²) < 4.78 is 0. The van der Waals surface area contributed by atoms with Gasteiger partial charge in [-0.25, -0.2) is 0 Å². The van der Waals surface area contributed by atoms with Crippen molar-refractivity contribution in [1.29, 1.82) is 0 Å². The van der Waals surface area contributed by atoms with E-state index in [4.69, 9.17) is 11.5 Å². The Kier molecular flexibility index (Phi) is 27.0. The molecule has 0 aliphatic carbocycles. The molecule has 0 spiro atoms. The van der Waals surface area contributed by atoms with E-state index in [2.05, 4.69) is 13.8 Å². The molecule has 0 bridgehead atoms. The van der Waals surface area contributed by atoms with Crippen molar-refractivity contribution >= 4 is 11.8 Å². The van der Waals surface area contributed by atoms with Crippen LogP contribution in [0.4, 0.5) is 0 Å². The Morgan fingerprint density at radius 1 is 0.429 bits per heavy atom. The summed E-state index contributed by atoms with van der Waals surface area (Å²) in [6.45, 7) is 4.44. The maximum atomic E-state index is 10.5. The molecule has 168 valence electrons. The Hall–Kier alpha value is -1.06. The lowest BCUT2D eigenvalue weighted by molar-refractivity contribution is -0.119. The molecule has 0 saturated carbocycles. The van der Waals surface area contributed by atoms with Gasteiger partial charge in [-0.3, -0.25) is 9.59 Å². The molecule has 28 heavy (non-hydrogen) atoms. The second-order valence-corrected chi connectivity index (χ2v) is 8.09. The zero-order valence-electron chi connectivity index (χ0n) is 19.1. The Labute approximate surface area is 175 Å². The lowest BCUT2D eigenvalue weighted by Crippen LogP contribution is -2.09. The molecule has 4 heteroatoms. The first-order chi connectivity index (χ1) is 13.5. The molecular weight excluding hydrogens is 348 g/mol. The molecule has 0 saturated heterocycles. The molecule has 0 aromatic carbocycles. The van der Waals surface area contributed by atoms with Gasteiger partial charge in [0.25, 0.3) is 0 Å². The largest absolute Gasteiger partial charge is 0.370 e. The van der Waals surface area contributed by atoms with Crippen molar-refractivity contribution in [2.75, 3.05) is 0 Å². The van der Waals surface area contributed by atoms with E-state index in [1.807, 2.05) is 0 Å². The van der Waals surface area contributed by atoms with Crippen molar-refractivity contribution in [2.45, 2.75) is 142 Å². The van der Waals surface area contributed by atoms with Gasteiger partial charge in [0.15, 0.2) is 0 Å². The molecule has 0 rings (SSSR count). The minimum absolute atomic E-state index is 0.155. The molecule has 2 amide bonds.